The number of amides is 1. The summed E-state index contributed by atoms with van der Waals surface area (Å²) < 4.78 is 1.77. The number of H-pyrrole nitrogens is 2. The lowest BCUT2D eigenvalue weighted by atomic mass is 10.1. The number of imidazole rings is 1. The van der Waals surface area contributed by atoms with Gasteiger partial charge in [0, 0.05) is 19.3 Å². The molecule has 5 rings (SSSR count). The molecule has 1 aliphatic carbocycles. The van der Waals surface area contributed by atoms with E-state index in [1.807, 2.05) is 18.2 Å². The van der Waals surface area contributed by atoms with E-state index in [9.17, 15) is 14.4 Å². The van der Waals surface area contributed by atoms with Gasteiger partial charge < -0.3 is 14.9 Å². The summed E-state index contributed by atoms with van der Waals surface area (Å²) in [5.41, 5.74) is 0.438. The molecule has 1 aliphatic heterocycles. The number of fused-ring (bicyclic) bond motifs is 1. The first-order valence-corrected chi connectivity index (χ1v) is 9.70. The van der Waals surface area contributed by atoms with Crippen molar-refractivity contribution >= 4 is 16.8 Å². The zero-order chi connectivity index (χ0) is 19.3. The van der Waals surface area contributed by atoms with Crippen molar-refractivity contribution in [1.82, 2.24) is 24.4 Å². The summed E-state index contributed by atoms with van der Waals surface area (Å²) in [7, 11) is 0. The Balaban J connectivity index is 1.61. The summed E-state index contributed by atoms with van der Waals surface area (Å²) in [5, 5.41) is 0.609. The Labute approximate surface area is 160 Å². The predicted octanol–water partition coefficient (Wildman–Crippen LogP) is 1.80. The summed E-state index contributed by atoms with van der Waals surface area (Å²) in [6, 6.07) is 7.08. The first-order chi connectivity index (χ1) is 13.6. The van der Waals surface area contributed by atoms with E-state index < -0.39 is 5.69 Å². The molecule has 2 aromatic heterocycles. The molecule has 1 atom stereocenters. The second-order valence-electron chi connectivity index (χ2n) is 7.66. The van der Waals surface area contributed by atoms with Crippen LogP contribution in [0.15, 0.2) is 40.1 Å². The van der Waals surface area contributed by atoms with Gasteiger partial charge in [0.25, 0.3) is 11.5 Å². The van der Waals surface area contributed by atoms with Crippen LogP contribution >= 0.6 is 0 Å². The van der Waals surface area contributed by atoms with Gasteiger partial charge in [0.15, 0.2) is 0 Å². The van der Waals surface area contributed by atoms with E-state index >= 15 is 0 Å². The smallest absolute Gasteiger partial charge is 0.323 e. The van der Waals surface area contributed by atoms with Crippen LogP contribution in [-0.2, 0) is 6.54 Å². The fourth-order valence-electron chi connectivity index (χ4n) is 4.05. The normalized spacial score (nSPS) is 19.4. The molecule has 8 heteroatoms. The number of hydrogen-bond acceptors (Lipinski definition) is 4. The van der Waals surface area contributed by atoms with E-state index in [4.69, 9.17) is 4.98 Å². The van der Waals surface area contributed by atoms with Crippen LogP contribution in [0.1, 0.15) is 48.0 Å². The second-order valence-corrected chi connectivity index (χ2v) is 7.66. The molecular formula is C20H21N5O3. The molecule has 1 amide bonds. The molecule has 28 heavy (non-hydrogen) atoms. The third-order valence-electron chi connectivity index (χ3n) is 5.67. The summed E-state index contributed by atoms with van der Waals surface area (Å²) in [5.74, 6) is 0.909. The SMILES string of the molecule is O=C(c1c[nH]c(=O)[nH]1)N1CCCC1c1nc2ccccc2c(=O)n1CC1CC1. The summed E-state index contributed by atoms with van der Waals surface area (Å²) in [4.78, 5) is 49.1. The maximum Gasteiger partial charge on any atom is 0.323 e. The zero-order valence-electron chi connectivity index (χ0n) is 15.4. The first kappa shape index (κ1) is 17.0. The monoisotopic (exact) mass is 379 g/mol. The minimum atomic E-state index is -0.409. The third kappa shape index (κ3) is 2.85. The highest BCUT2D eigenvalue weighted by Gasteiger charge is 2.35. The quantitative estimate of drug-likeness (QED) is 0.721. The summed E-state index contributed by atoms with van der Waals surface area (Å²) in [6.07, 6.45) is 5.21. The molecule has 1 saturated heterocycles. The van der Waals surface area contributed by atoms with Gasteiger partial charge in [0.2, 0.25) is 0 Å². The average Bonchev–Trinajstić information content (AvgIpc) is 3.20. The Kier molecular flexibility index (Phi) is 3.92. The van der Waals surface area contributed by atoms with Crippen LogP contribution in [0, 0.1) is 5.92 Å². The van der Waals surface area contributed by atoms with Crippen molar-refractivity contribution in [2.75, 3.05) is 6.54 Å². The van der Waals surface area contributed by atoms with Crippen LogP contribution in [-0.4, -0.2) is 36.9 Å². The Morgan fingerprint density at radius 2 is 2.00 bits per heavy atom. The molecular weight excluding hydrogens is 358 g/mol. The van der Waals surface area contributed by atoms with Crippen molar-refractivity contribution in [2.45, 2.75) is 38.3 Å². The van der Waals surface area contributed by atoms with Crippen molar-refractivity contribution in [3.63, 3.8) is 0 Å². The van der Waals surface area contributed by atoms with Gasteiger partial charge >= 0.3 is 5.69 Å². The minimum Gasteiger partial charge on any atom is -0.327 e. The minimum absolute atomic E-state index is 0.0400. The number of nitrogens with one attached hydrogen (secondary N) is 2. The fraction of sp³-hybridized carbons (Fsp3) is 0.400. The zero-order valence-corrected chi connectivity index (χ0v) is 15.4. The van der Waals surface area contributed by atoms with Crippen LogP contribution in [0.25, 0.3) is 10.9 Å². The molecule has 0 spiro atoms. The van der Waals surface area contributed by atoms with Crippen molar-refractivity contribution in [1.29, 1.82) is 0 Å². The highest BCUT2D eigenvalue weighted by atomic mass is 16.2. The number of aromatic amines is 2. The number of benzene rings is 1. The standard InChI is InChI=1S/C20H21N5O3/c26-18-13-4-1-2-5-14(13)22-17(25(18)11-12-7-8-12)16-6-3-9-24(16)19(27)15-10-21-20(28)23-15/h1-2,4-5,10,12,16H,3,6-9,11H2,(H2,21,23,28). The van der Waals surface area contributed by atoms with Gasteiger partial charge in [-0.2, -0.15) is 0 Å². The van der Waals surface area contributed by atoms with Gasteiger partial charge in [-0.1, -0.05) is 12.1 Å². The number of likely N-dealkylation sites (tertiary alicyclic amines) is 1. The molecule has 2 fully saturated rings. The number of rotatable bonds is 4. The van der Waals surface area contributed by atoms with Crippen molar-refractivity contribution in [2.24, 2.45) is 5.92 Å². The topological polar surface area (TPSA) is 104 Å². The van der Waals surface area contributed by atoms with E-state index in [2.05, 4.69) is 9.97 Å². The largest absolute Gasteiger partial charge is 0.327 e. The molecule has 3 heterocycles. The fourth-order valence-corrected chi connectivity index (χ4v) is 4.05. The first-order valence-electron chi connectivity index (χ1n) is 9.70. The molecule has 1 unspecified atom stereocenters. The molecule has 144 valence electrons. The molecule has 2 N–H and O–H groups in total. The number of carbonyl (C=O) groups is 1. The molecule has 2 aliphatic rings. The molecule has 3 aromatic rings. The average molecular weight is 379 g/mol. The number of carbonyl (C=O) groups excluding carboxylic acids is 1. The molecule has 1 saturated carbocycles. The highest BCUT2D eigenvalue weighted by Crippen LogP contribution is 2.35. The Morgan fingerprint density at radius 3 is 2.75 bits per heavy atom. The molecule has 8 nitrogen and oxygen atoms in total. The Morgan fingerprint density at radius 1 is 1.18 bits per heavy atom. The maximum absolute atomic E-state index is 13.2. The van der Waals surface area contributed by atoms with E-state index in [-0.39, 0.29) is 23.2 Å². The lowest BCUT2D eigenvalue weighted by molar-refractivity contribution is 0.0720. The van der Waals surface area contributed by atoms with E-state index in [1.165, 1.54) is 6.20 Å². The second kappa shape index (κ2) is 6.47. The van der Waals surface area contributed by atoms with Crippen molar-refractivity contribution in [3.8, 4) is 0 Å². The van der Waals surface area contributed by atoms with Crippen LogP contribution in [0.2, 0.25) is 0 Å². The molecule has 1 aromatic carbocycles. The van der Waals surface area contributed by atoms with Crippen LogP contribution in [0.3, 0.4) is 0 Å². The van der Waals surface area contributed by atoms with Crippen LogP contribution in [0.5, 0.6) is 0 Å². The highest BCUT2D eigenvalue weighted by molar-refractivity contribution is 5.92. The van der Waals surface area contributed by atoms with Gasteiger partial charge in [0.05, 0.1) is 16.9 Å². The van der Waals surface area contributed by atoms with E-state index in [0.717, 1.165) is 25.7 Å². The van der Waals surface area contributed by atoms with Crippen LogP contribution in [0.4, 0.5) is 0 Å². The van der Waals surface area contributed by atoms with Gasteiger partial charge in [-0.25, -0.2) is 9.78 Å². The van der Waals surface area contributed by atoms with Gasteiger partial charge in [-0.15, -0.1) is 0 Å². The number of para-hydroxylation sites is 1. The van der Waals surface area contributed by atoms with E-state index in [0.29, 0.717) is 35.7 Å². The Bertz CT molecular complexity index is 1170. The molecule has 0 bridgehead atoms. The van der Waals surface area contributed by atoms with Gasteiger partial charge in [0.1, 0.15) is 11.5 Å². The van der Waals surface area contributed by atoms with E-state index in [1.54, 1.807) is 15.5 Å². The summed E-state index contributed by atoms with van der Waals surface area (Å²) in [6.45, 7) is 1.22. The van der Waals surface area contributed by atoms with Crippen LogP contribution < -0.4 is 11.2 Å². The summed E-state index contributed by atoms with van der Waals surface area (Å²) >= 11 is 0. The molecule has 0 radical (unpaired) electrons. The number of hydrogen-bond donors (Lipinski definition) is 2. The lowest BCUT2D eigenvalue weighted by Gasteiger charge is -2.26. The van der Waals surface area contributed by atoms with Crippen molar-refractivity contribution in [3.05, 3.63) is 62.8 Å². The third-order valence-corrected chi connectivity index (χ3v) is 5.67. The lowest BCUT2D eigenvalue weighted by Crippen LogP contribution is -2.36. The maximum atomic E-state index is 13.2. The number of nitrogens with zero attached hydrogens (tertiary/aromatic N) is 3. The van der Waals surface area contributed by atoms with Crippen molar-refractivity contribution < 1.29 is 4.79 Å². The van der Waals surface area contributed by atoms with Gasteiger partial charge in [-0.3, -0.25) is 14.2 Å². The Hall–Kier alpha value is -3.16. The van der Waals surface area contributed by atoms with Gasteiger partial charge in [-0.05, 0) is 43.7 Å². The number of aromatic nitrogens is 4. The predicted molar refractivity (Wildman–Crippen MR) is 103 cm³/mol.